The SMILES string of the molecule is CCOC(=O)C(=[N+]=[N-])C(=CC(=O)OC)C(F)(F)C(F)(F)C(F)(F)F. The maximum atomic E-state index is 13.8. The van der Waals surface area contributed by atoms with Crippen molar-refractivity contribution in [2.45, 2.75) is 24.9 Å². The van der Waals surface area contributed by atoms with E-state index in [0.29, 0.717) is 7.11 Å². The molecule has 0 saturated heterocycles. The van der Waals surface area contributed by atoms with Crippen molar-refractivity contribution in [2.75, 3.05) is 13.7 Å². The monoisotopic (exact) mass is 366 g/mol. The molecule has 0 N–H and O–H groups in total. The van der Waals surface area contributed by atoms with Crippen LogP contribution in [0.2, 0.25) is 0 Å². The fourth-order valence-corrected chi connectivity index (χ4v) is 1.24. The zero-order valence-corrected chi connectivity index (χ0v) is 12.0. The molecule has 0 atom stereocenters. The zero-order chi connectivity index (χ0) is 19.3. The summed E-state index contributed by atoms with van der Waals surface area (Å²) in [4.78, 5) is 24.3. The largest absolute Gasteiger partial charge is 0.466 e. The average molecular weight is 366 g/mol. The van der Waals surface area contributed by atoms with E-state index in [2.05, 4.69) is 9.47 Å². The van der Waals surface area contributed by atoms with Crippen LogP contribution in [0.1, 0.15) is 6.92 Å². The molecule has 0 saturated carbocycles. The molecule has 0 aliphatic carbocycles. The van der Waals surface area contributed by atoms with E-state index >= 15 is 0 Å². The van der Waals surface area contributed by atoms with Crippen LogP contribution in [-0.2, 0) is 19.1 Å². The quantitative estimate of drug-likeness (QED) is 0.180. The van der Waals surface area contributed by atoms with Gasteiger partial charge in [-0.3, -0.25) is 0 Å². The van der Waals surface area contributed by atoms with Gasteiger partial charge in [0, 0.05) is 6.08 Å². The van der Waals surface area contributed by atoms with Crippen molar-refractivity contribution in [1.82, 2.24) is 0 Å². The number of carbonyl (C=O) groups excluding carboxylic acids is 2. The molecular weight excluding hydrogens is 357 g/mol. The molecule has 0 aliphatic heterocycles. The zero-order valence-electron chi connectivity index (χ0n) is 12.0. The Morgan fingerprint density at radius 2 is 1.62 bits per heavy atom. The molecule has 0 aromatic heterocycles. The molecule has 6 nitrogen and oxygen atoms in total. The average Bonchev–Trinajstić information content (AvgIpc) is 2.45. The van der Waals surface area contributed by atoms with Crippen LogP contribution in [0.5, 0.6) is 0 Å². The Kier molecular flexibility index (Phi) is 6.67. The molecule has 0 radical (unpaired) electrons. The summed E-state index contributed by atoms with van der Waals surface area (Å²) in [7, 11) is 0.594. The highest BCUT2D eigenvalue weighted by Crippen LogP contribution is 2.50. The number of halogens is 7. The van der Waals surface area contributed by atoms with Crippen molar-refractivity contribution in [3.63, 3.8) is 0 Å². The second-order valence-corrected chi connectivity index (χ2v) is 3.90. The normalized spacial score (nSPS) is 13.1. The number of esters is 2. The minimum Gasteiger partial charge on any atom is -0.466 e. The van der Waals surface area contributed by atoms with E-state index in [4.69, 9.17) is 5.53 Å². The van der Waals surface area contributed by atoms with Crippen molar-refractivity contribution in [1.29, 1.82) is 0 Å². The van der Waals surface area contributed by atoms with Gasteiger partial charge in [0.15, 0.2) is 0 Å². The van der Waals surface area contributed by atoms with Gasteiger partial charge in [0.2, 0.25) is 0 Å². The third kappa shape index (κ3) is 4.10. The van der Waals surface area contributed by atoms with Crippen LogP contribution in [0.3, 0.4) is 0 Å². The molecule has 0 unspecified atom stereocenters. The lowest BCUT2D eigenvalue weighted by Crippen LogP contribution is -2.55. The van der Waals surface area contributed by atoms with Gasteiger partial charge in [-0.15, -0.1) is 0 Å². The van der Waals surface area contributed by atoms with E-state index in [-0.39, 0.29) is 0 Å². The van der Waals surface area contributed by atoms with E-state index in [1.165, 1.54) is 0 Å². The first-order chi connectivity index (χ1) is 10.8. The molecule has 0 spiro atoms. The van der Waals surface area contributed by atoms with E-state index in [1.54, 1.807) is 0 Å². The summed E-state index contributed by atoms with van der Waals surface area (Å²) < 4.78 is 98.4. The highest BCUT2D eigenvalue weighted by molar-refractivity contribution is 6.41. The summed E-state index contributed by atoms with van der Waals surface area (Å²) >= 11 is 0. The van der Waals surface area contributed by atoms with Crippen molar-refractivity contribution >= 4 is 17.7 Å². The summed E-state index contributed by atoms with van der Waals surface area (Å²) in [6.07, 6.45) is -7.29. The molecule has 0 rings (SSSR count). The lowest BCUT2D eigenvalue weighted by Gasteiger charge is -2.28. The number of ether oxygens (including phenoxy) is 2. The van der Waals surface area contributed by atoms with Crippen LogP contribution in [0.4, 0.5) is 30.7 Å². The van der Waals surface area contributed by atoms with Crippen molar-refractivity contribution in [2.24, 2.45) is 0 Å². The van der Waals surface area contributed by atoms with Crippen LogP contribution in [0.15, 0.2) is 11.6 Å². The highest BCUT2D eigenvalue weighted by atomic mass is 19.4. The van der Waals surface area contributed by atoms with Crippen LogP contribution in [0.25, 0.3) is 5.53 Å². The van der Waals surface area contributed by atoms with Gasteiger partial charge in [0.25, 0.3) is 0 Å². The number of methoxy groups -OCH3 is 1. The minimum absolute atomic E-state index is 0.523. The van der Waals surface area contributed by atoms with Crippen molar-refractivity contribution in [3.05, 3.63) is 17.2 Å². The Bertz CT molecular complexity index is 592. The van der Waals surface area contributed by atoms with E-state index in [9.17, 15) is 40.3 Å². The van der Waals surface area contributed by atoms with Gasteiger partial charge >= 0.3 is 35.7 Å². The third-order valence-corrected chi connectivity index (χ3v) is 2.38. The second-order valence-electron chi connectivity index (χ2n) is 3.90. The van der Waals surface area contributed by atoms with Gasteiger partial charge in [0.05, 0.1) is 13.7 Å². The minimum atomic E-state index is -6.75. The van der Waals surface area contributed by atoms with Crippen LogP contribution in [-0.4, -0.2) is 54.2 Å². The van der Waals surface area contributed by atoms with Gasteiger partial charge in [-0.1, -0.05) is 0 Å². The Hall–Kier alpha value is -2.43. The summed E-state index contributed by atoms with van der Waals surface area (Å²) in [6, 6.07) is 0. The van der Waals surface area contributed by atoms with Crippen molar-refractivity contribution < 1.29 is 54.6 Å². The maximum Gasteiger partial charge on any atom is 0.460 e. The predicted molar refractivity (Wildman–Crippen MR) is 61.3 cm³/mol. The summed E-state index contributed by atoms with van der Waals surface area (Å²) in [5.74, 6) is -16.6. The summed E-state index contributed by atoms with van der Waals surface area (Å²) in [5.41, 5.74) is 4.00. The molecule has 0 fully saturated rings. The molecular formula is C11H9F7N2O4. The van der Waals surface area contributed by atoms with Crippen molar-refractivity contribution in [3.8, 4) is 0 Å². The van der Waals surface area contributed by atoms with Gasteiger partial charge in [0.1, 0.15) is 5.57 Å². The summed E-state index contributed by atoms with van der Waals surface area (Å²) in [5, 5.41) is 0. The lowest BCUT2D eigenvalue weighted by molar-refractivity contribution is -0.343. The van der Waals surface area contributed by atoms with Gasteiger partial charge < -0.3 is 15.0 Å². The number of alkyl halides is 7. The standard InChI is InChI=1S/C11H9F7N2O4/c1-3-24-8(22)7(20-19)5(4-6(21)23-2)9(12,13)10(14,15)11(16,17)18/h4H,3H2,1-2H3. The molecule has 0 aromatic rings. The molecule has 0 aromatic carbocycles. The van der Waals surface area contributed by atoms with E-state index in [0.717, 1.165) is 6.92 Å². The number of carbonyl (C=O) groups is 2. The Morgan fingerprint density at radius 1 is 1.12 bits per heavy atom. The molecule has 13 heteroatoms. The molecule has 0 bridgehead atoms. The first kappa shape index (κ1) is 21.6. The molecule has 0 amide bonds. The van der Waals surface area contributed by atoms with Gasteiger partial charge in [-0.25, -0.2) is 9.59 Å². The molecule has 24 heavy (non-hydrogen) atoms. The fraction of sp³-hybridized carbons (Fsp3) is 0.545. The Labute approximate surface area is 129 Å². The van der Waals surface area contributed by atoms with E-state index < -0.39 is 53.9 Å². The van der Waals surface area contributed by atoms with Crippen LogP contribution in [0, 0.1) is 0 Å². The molecule has 136 valence electrons. The Balaban J connectivity index is 6.47. The number of hydrogen-bond acceptors (Lipinski definition) is 4. The molecule has 0 heterocycles. The third-order valence-electron chi connectivity index (χ3n) is 2.38. The lowest BCUT2D eigenvalue weighted by atomic mass is 9.96. The van der Waals surface area contributed by atoms with Gasteiger partial charge in [-0.05, 0) is 6.92 Å². The fourth-order valence-electron chi connectivity index (χ4n) is 1.24. The molecule has 0 aliphatic rings. The van der Waals surface area contributed by atoms with E-state index in [1.807, 2.05) is 4.79 Å². The van der Waals surface area contributed by atoms with Crippen LogP contribution >= 0.6 is 0 Å². The van der Waals surface area contributed by atoms with Gasteiger partial charge in [-0.2, -0.15) is 35.5 Å². The van der Waals surface area contributed by atoms with Crippen LogP contribution < -0.4 is 0 Å². The smallest absolute Gasteiger partial charge is 0.460 e. The Morgan fingerprint density at radius 3 is 1.96 bits per heavy atom. The topological polar surface area (TPSA) is 89.0 Å². The maximum absolute atomic E-state index is 13.8. The first-order valence-electron chi connectivity index (χ1n) is 5.79. The number of rotatable bonds is 6. The number of nitrogens with zero attached hydrogens (tertiary/aromatic N) is 2. The highest BCUT2D eigenvalue weighted by Gasteiger charge is 2.76. The first-order valence-corrected chi connectivity index (χ1v) is 5.79. The summed E-state index contributed by atoms with van der Waals surface area (Å²) in [6.45, 7) is 0.615. The second kappa shape index (κ2) is 7.43. The number of hydrogen-bond donors (Lipinski definition) is 0. The predicted octanol–water partition coefficient (Wildman–Crippen LogP) is 2.15.